The van der Waals surface area contributed by atoms with Gasteiger partial charge in [-0.05, 0) is 54.5 Å². The zero-order valence-electron chi connectivity index (χ0n) is 17.6. The summed E-state index contributed by atoms with van der Waals surface area (Å²) in [5.41, 5.74) is 4.03. The number of nitrogens with zero attached hydrogens (tertiary/aromatic N) is 2. The van der Waals surface area contributed by atoms with Crippen molar-refractivity contribution in [2.75, 3.05) is 26.2 Å². The van der Waals surface area contributed by atoms with Gasteiger partial charge < -0.3 is 0 Å². The number of hydrogen-bond donors (Lipinski definition) is 0. The molecule has 0 aromatic heterocycles. The highest BCUT2D eigenvalue weighted by atomic mass is 16.2. The quantitative estimate of drug-likeness (QED) is 0.424. The molecule has 0 aliphatic carbocycles. The van der Waals surface area contributed by atoms with E-state index in [0.717, 1.165) is 49.7 Å². The third-order valence-electron chi connectivity index (χ3n) is 6.40. The number of benzene rings is 3. The normalized spacial score (nSPS) is 16.6. The minimum Gasteiger partial charge on any atom is -0.299 e. The maximum Gasteiger partial charge on any atom is 0.261 e. The molecule has 0 fully saturated rings. The molecule has 4 nitrogen and oxygen atoms in total. The highest BCUT2D eigenvalue weighted by Gasteiger charge is 2.32. The van der Waals surface area contributed by atoms with E-state index in [0.29, 0.717) is 17.7 Å². The van der Waals surface area contributed by atoms with Crippen LogP contribution in [0.2, 0.25) is 0 Å². The van der Waals surface area contributed by atoms with Crippen molar-refractivity contribution in [3.05, 3.63) is 89.5 Å². The topological polar surface area (TPSA) is 40.6 Å². The van der Waals surface area contributed by atoms with Gasteiger partial charge in [0, 0.05) is 36.1 Å². The van der Waals surface area contributed by atoms with E-state index < -0.39 is 0 Å². The van der Waals surface area contributed by atoms with Crippen molar-refractivity contribution in [3.8, 4) is 0 Å². The number of carbonyl (C=O) groups is 2. The fraction of sp³-hybridized carbons (Fsp3) is 0.259. The highest BCUT2D eigenvalue weighted by Crippen LogP contribution is 2.30. The SMILES string of the molecule is O=C1c2cccc3cccc(c23)C(=O)N1CCCCN1CC=C(c2ccccc2)CC1. The summed E-state index contributed by atoms with van der Waals surface area (Å²) in [6.45, 7) is 3.47. The van der Waals surface area contributed by atoms with Crippen LogP contribution >= 0.6 is 0 Å². The molecule has 0 atom stereocenters. The number of rotatable bonds is 6. The third-order valence-corrected chi connectivity index (χ3v) is 6.40. The fourth-order valence-electron chi connectivity index (χ4n) is 4.72. The lowest BCUT2D eigenvalue weighted by Crippen LogP contribution is -2.41. The van der Waals surface area contributed by atoms with Crippen LogP contribution in [-0.4, -0.2) is 47.8 Å². The molecule has 0 saturated heterocycles. The number of amides is 2. The Kier molecular flexibility index (Phi) is 5.39. The van der Waals surface area contributed by atoms with E-state index >= 15 is 0 Å². The summed E-state index contributed by atoms with van der Waals surface area (Å²) in [7, 11) is 0. The van der Waals surface area contributed by atoms with Crippen LogP contribution in [0, 0.1) is 0 Å². The maximum atomic E-state index is 13.0. The smallest absolute Gasteiger partial charge is 0.261 e. The average Bonchev–Trinajstić information content (AvgIpc) is 2.83. The summed E-state index contributed by atoms with van der Waals surface area (Å²) in [5.74, 6) is -0.328. The number of unbranched alkanes of at least 4 members (excludes halogenated alkanes) is 1. The van der Waals surface area contributed by atoms with Crippen LogP contribution in [0.25, 0.3) is 16.3 Å². The number of imide groups is 1. The van der Waals surface area contributed by atoms with Gasteiger partial charge in [-0.25, -0.2) is 0 Å². The first-order chi connectivity index (χ1) is 15.2. The van der Waals surface area contributed by atoms with E-state index in [-0.39, 0.29) is 11.8 Å². The lowest BCUT2D eigenvalue weighted by atomic mass is 9.94. The van der Waals surface area contributed by atoms with Gasteiger partial charge in [-0.15, -0.1) is 0 Å². The van der Waals surface area contributed by atoms with E-state index in [1.54, 1.807) is 0 Å². The van der Waals surface area contributed by atoms with Gasteiger partial charge in [-0.3, -0.25) is 19.4 Å². The first-order valence-electron chi connectivity index (χ1n) is 11.1. The van der Waals surface area contributed by atoms with E-state index in [2.05, 4.69) is 41.3 Å². The van der Waals surface area contributed by atoms with Crippen LogP contribution in [0.4, 0.5) is 0 Å². The number of carbonyl (C=O) groups excluding carboxylic acids is 2. The Morgan fingerprint density at radius 2 is 1.42 bits per heavy atom. The van der Waals surface area contributed by atoms with Crippen LogP contribution in [0.3, 0.4) is 0 Å². The van der Waals surface area contributed by atoms with E-state index in [1.165, 1.54) is 16.0 Å². The molecule has 0 spiro atoms. The summed E-state index contributed by atoms with van der Waals surface area (Å²) in [6.07, 6.45) is 5.18. The summed E-state index contributed by atoms with van der Waals surface area (Å²) >= 11 is 0. The lowest BCUT2D eigenvalue weighted by molar-refractivity contribution is 0.0606. The Bertz CT molecular complexity index is 1120. The Balaban J connectivity index is 1.17. The predicted octanol–water partition coefficient (Wildman–Crippen LogP) is 5.01. The molecule has 0 radical (unpaired) electrons. The molecule has 3 aromatic rings. The van der Waals surface area contributed by atoms with Crippen molar-refractivity contribution >= 4 is 28.2 Å². The zero-order chi connectivity index (χ0) is 21.2. The molecule has 2 heterocycles. The van der Waals surface area contributed by atoms with Crippen molar-refractivity contribution in [1.29, 1.82) is 0 Å². The summed E-state index contributed by atoms with van der Waals surface area (Å²) < 4.78 is 0. The second-order valence-corrected chi connectivity index (χ2v) is 8.32. The molecule has 5 rings (SSSR count). The van der Waals surface area contributed by atoms with Crippen molar-refractivity contribution in [1.82, 2.24) is 9.80 Å². The van der Waals surface area contributed by atoms with Crippen LogP contribution in [0.5, 0.6) is 0 Å². The summed E-state index contributed by atoms with van der Waals surface area (Å²) in [4.78, 5) is 29.8. The van der Waals surface area contributed by atoms with Crippen molar-refractivity contribution < 1.29 is 9.59 Å². The second kappa shape index (κ2) is 8.48. The van der Waals surface area contributed by atoms with Crippen LogP contribution in [0.15, 0.2) is 72.8 Å². The minimum atomic E-state index is -0.164. The molecule has 156 valence electrons. The van der Waals surface area contributed by atoms with Gasteiger partial charge in [-0.1, -0.05) is 60.7 Å². The minimum absolute atomic E-state index is 0.164. The van der Waals surface area contributed by atoms with Gasteiger partial charge in [0.25, 0.3) is 11.8 Å². The molecular formula is C27H26N2O2. The maximum absolute atomic E-state index is 13.0. The monoisotopic (exact) mass is 410 g/mol. The molecular weight excluding hydrogens is 384 g/mol. The van der Waals surface area contributed by atoms with Crippen LogP contribution in [-0.2, 0) is 0 Å². The van der Waals surface area contributed by atoms with Gasteiger partial charge in [0.1, 0.15) is 0 Å². The predicted molar refractivity (Wildman–Crippen MR) is 124 cm³/mol. The molecule has 31 heavy (non-hydrogen) atoms. The first kappa shape index (κ1) is 19.7. The number of hydrogen-bond acceptors (Lipinski definition) is 3. The van der Waals surface area contributed by atoms with E-state index in [4.69, 9.17) is 0 Å². The molecule has 2 aliphatic heterocycles. The molecule has 2 amide bonds. The van der Waals surface area contributed by atoms with Gasteiger partial charge in [0.2, 0.25) is 0 Å². The summed E-state index contributed by atoms with van der Waals surface area (Å²) in [6, 6.07) is 21.9. The zero-order valence-corrected chi connectivity index (χ0v) is 17.6. The first-order valence-corrected chi connectivity index (χ1v) is 11.1. The lowest BCUT2D eigenvalue weighted by Gasteiger charge is -2.28. The van der Waals surface area contributed by atoms with E-state index in [9.17, 15) is 9.59 Å². The fourth-order valence-corrected chi connectivity index (χ4v) is 4.72. The van der Waals surface area contributed by atoms with Gasteiger partial charge in [-0.2, -0.15) is 0 Å². The molecule has 0 N–H and O–H groups in total. The van der Waals surface area contributed by atoms with Crippen molar-refractivity contribution in [2.45, 2.75) is 19.3 Å². The standard InChI is InChI=1S/C27H26N2O2/c30-26-23-12-6-10-22-11-7-13-24(25(22)23)27(31)29(26)17-5-4-16-28-18-14-21(15-19-28)20-8-2-1-3-9-20/h1-3,6-14H,4-5,15-19H2. The Hall–Kier alpha value is -3.24. The van der Waals surface area contributed by atoms with Crippen LogP contribution < -0.4 is 0 Å². The molecule has 4 heteroatoms. The molecule has 3 aromatic carbocycles. The Labute approximate surface area is 182 Å². The van der Waals surface area contributed by atoms with E-state index in [1.807, 2.05) is 36.4 Å². The Morgan fingerprint density at radius 3 is 2.06 bits per heavy atom. The van der Waals surface area contributed by atoms with Crippen molar-refractivity contribution in [2.24, 2.45) is 0 Å². The van der Waals surface area contributed by atoms with Crippen LogP contribution in [0.1, 0.15) is 45.5 Å². The largest absolute Gasteiger partial charge is 0.299 e. The molecule has 0 saturated carbocycles. The molecule has 0 bridgehead atoms. The van der Waals surface area contributed by atoms with Crippen molar-refractivity contribution in [3.63, 3.8) is 0 Å². The van der Waals surface area contributed by atoms with Gasteiger partial charge in [0.05, 0.1) is 0 Å². The van der Waals surface area contributed by atoms with Gasteiger partial charge in [0.15, 0.2) is 0 Å². The molecule has 0 unspecified atom stereocenters. The summed E-state index contributed by atoms with van der Waals surface area (Å²) in [5, 5.41) is 1.75. The second-order valence-electron chi connectivity index (χ2n) is 8.32. The molecule has 2 aliphatic rings. The van der Waals surface area contributed by atoms with Gasteiger partial charge >= 0.3 is 0 Å². The average molecular weight is 411 g/mol. The highest BCUT2D eigenvalue weighted by molar-refractivity contribution is 6.25. The third kappa shape index (κ3) is 3.79. The Morgan fingerprint density at radius 1 is 0.742 bits per heavy atom.